The number of amides is 1. The van der Waals surface area contributed by atoms with Crippen molar-refractivity contribution in [2.24, 2.45) is 11.3 Å². The van der Waals surface area contributed by atoms with Crippen molar-refractivity contribution in [3.8, 4) is 0 Å². The largest absolute Gasteiger partial charge is 0.393 e. The van der Waals surface area contributed by atoms with Gasteiger partial charge >= 0.3 is 0 Å². The van der Waals surface area contributed by atoms with Crippen molar-refractivity contribution < 1.29 is 9.72 Å². The van der Waals surface area contributed by atoms with E-state index in [1.165, 1.54) is 18.2 Å². The van der Waals surface area contributed by atoms with Crippen LogP contribution in [0.2, 0.25) is 0 Å². The van der Waals surface area contributed by atoms with Crippen LogP contribution in [0.15, 0.2) is 18.2 Å². The van der Waals surface area contributed by atoms with Crippen molar-refractivity contribution in [2.45, 2.75) is 27.7 Å². The summed E-state index contributed by atoms with van der Waals surface area (Å²) < 4.78 is 0. The summed E-state index contributed by atoms with van der Waals surface area (Å²) in [6.07, 6.45) is 0. The topological polar surface area (TPSA) is 98.3 Å². The lowest BCUT2D eigenvalue weighted by molar-refractivity contribution is -0.383. The number of anilines is 1. The molecule has 0 fully saturated rings. The lowest BCUT2D eigenvalue weighted by atomic mass is 9.82. The molecule has 0 aliphatic carbocycles. The lowest BCUT2D eigenvalue weighted by Gasteiger charge is -2.27. The summed E-state index contributed by atoms with van der Waals surface area (Å²) in [5.41, 5.74) is 5.54. The molecule has 0 aliphatic rings. The van der Waals surface area contributed by atoms with Gasteiger partial charge in [-0.25, -0.2) is 0 Å². The fourth-order valence-electron chi connectivity index (χ4n) is 1.56. The van der Waals surface area contributed by atoms with Gasteiger partial charge < -0.3 is 11.1 Å². The highest BCUT2D eigenvalue weighted by atomic mass is 16.6. The minimum absolute atomic E-state index is 0.0709. The summed E-state index contributed by atoms with van der Waals surface area (Å²) in [5, 5.41) is 13.6. The van der Waals surface area contributed by atoms with Gasteiger partial charge in [-0.3, -0.25) is 14.9 Å². The molecular weight excluding hydrogens is 258 g/mol. The maximum absolute atomic E-state index is 12.1. The number of nitrogens with zero attached hydrogens (tertiary/aromatic N) is 1. The Morgan fingerprint density at radius 2 is 2.05 bits per heavy atom. The second-order valence-electron chi connectivity index (χ2n) is 5.97. The number of nitrogen functional groups attached to an aromatic ring is 1. The first-order valence-corrected chi connectivity index (χ1v) is 6.45. The van der Waals surface area contributed by atoms with E-state index in [1.54, 1.807) is 0 Å². The Hall–Kier alpha value is -2.11. The van der Waals surface area contributed by atoms with Crippen LogP contribution in [0.5, 0.6) is 0 Å². The predicted octanol–water partition coefficient (Wildman–Crippen LogP) is 2.59. The van der Waals surface area contributed by atoms with E-state index in [1.807, 2.05) is 6.92 Å². The number of nitro benzene ring substituents is 1. The number of rotatable bonds is 4. The number of para-hydroxylation sites is 1. The highest BCUT2D eigenvalue weighted by molar-refractivity contribution is 6.00. The van der Waals surface area contributed by atoms with Gasteiger partial charge in [-0.2, -0.15) is 0 Å². The molecule has 6 heteroatoms. The van der Waals surface area contributed by atoms with E-state index >= 15 is 0 Å². The fraction of sp³-hybridized carbons (Fsp3) is 0.500. The lowest BCUT2D eigenvalue weighted by Crippen LogP contribution is -2.34. The molecule has 1 aromatic rings. The van der Waals surface area contributed by atoms with Crippen LogP contribution in [0.3, 0.4) is 0 Å². The molecule has 1 aromatic carbocycles. The van der Waals surface area contributed by atoms with Crippen molar-refractivity contribution in [3.63, 3.8) is 0 Å². The number of benzene rings is 1. The molecule has 0 heterocycles. The van der Waals surface area contributed by atoms with Crippen molar-refractivity contribution in [1.82, 2.24) is 5.32 Å². The third kappa shape index (κ3) is 3.69. The molecule has 0 spiro atoms. The summed E-state index contributed by atoms with van der Waals surface area (Å²) in [7, 11) is 0. The molecule has 20 heavy (non-hydrogen) atoms. The average molecular weight is 279 g/mol. The van der Waals surface area contributed by atoms with Crippen LogP contribution >= 0.6 is 0 Å². The van der Waals surface area contributed by atoms with Crippen molar-refractivity contribution in [3.05, 3.63) is 33.9 Å². The maximum Gasteiger partial charge on any atom is 0.292 e. The van der Waals surface area contributed by atoms with Crippen LogP contribution in [-0.2, 0) is 0 Å². The van der Waals surface area contributed by atoms with Gasteiger partial charge in [0.2, 0.25) is 0 Å². The van der Waals surface area contributed by atoms with Crippen LogP contribution in [0.4, 0.5) is 11.4 Å². The highest BCUT2D eigenvalue weighted by Crippen LogP contribution is 2.26. The number of nitro groups is 1. The summed E-state index contributed by atoms with van der Waals surface area (Å²) in [6, 6.07) is 4.22. The van der Waals surface area contributed by atoms with Crippen LogP contribution in [0, 0.1) is 21.4 Å². The third-order valence-corrected chi connectivity index (χ3v) is 3.57. The zero-order chi connectivity index (χ0) is 15.5. The molecular formula is C14H21N3O3. The van der Waals surface area contributed by atoms with Crippen LogP contribution in [0.25, 0.3) is 0 Å². The smallest absolute Gasteiger partial charge is 0.292 e. The molecule has 3 N–H and O–H groups in total. The number of nitrogens with two attached hydrogens (primary N) is 1. The van der Waals surface area contributed by atoms with E-state index < -0.39 is 4.92 Å². The summed E-state index contributed by atoms with van der Waals surface area (Å²) in [4.78, 5) is 22.3. The second kappa shape index (κ2) is 5.90. The van der Waals surface area contributed by atoms with Gasteiger partial charge in [0.05, 0.1) is 10.5 Å². The molecule has 0 aromatic heterocycles. The van der Waals surface area contributed by atoms with Crippen molar-refractivity contribution in [2.75, 3.05) is 12.3 Å². The molecule has 6 nitrogen and oxygen atoms in total. The van der Waals surface area contributed by atoms with Crippen LogP contribution in [-0.4, -0.2) is 17.4 Å². The minimum Gasteiger partial charge on any atom is -0.393 e. The first-order chi connectivity index (χ1) is 9.14. The standard InChI is InChI=1S/C14H21N3O3/c1-9(14(2,3)4)8-16-13(18)10-6-5-7-11(12(10)15)17(19)20/h5-7,9H,8,15H2,1-4H3,(H,16,18). The normalized spacial score (nSPS) is 12.8. The Morgan fingerprint density at radius 1 is 1.45 bits per heavy atom. The Bertz CT molecular complexity index is 521. The van der Waals surface area contributed by atoms with E-state index in [9.17, 15) is 14.9 Å². The maximum atomic E-state index is 12.1. The van der Waals surface area contributed by atoms with Gasteiger partial charge in [-0.1, -0.05) is 33.8 Å². The Kier molecular flexibility index (Phi) is 4.70. The minimum atomic E-state index is -0.593. The Balaban J connectivity index is 2.84. The van der Waals surface area contributed by atoms with E-state index in [0.29, 0.717) is 6.54 Å². The first-order valence-electron chi connectivity index (χ1n) is 6.45. The zero-order valence-corrected chi connectivity index (χ0v) is 12.3. The molecule has 0 saturated carbocycles. The van der Waals surface area contributed by atoms with Gasteiger partial charge in [-0.05, 0) is 17.4 Å². The third-order valence-electron chi connectivity index (χ3n) is 3.57. The average Bonchev–Trinajstić information content (AvgIpc) is 2.34. The van der Waals surface area contributed by atoms with E-state index in [0.717, 1.165) is 0 Å². The number of carbonyl (C=O) groups is 1. The predicted molar refractivity (Wildman–Crippen MR) is 78.5 cm³/mol. The van der Waals surface area contributed by atoms with Crippen LogP contribution < -0.4 is 11.1 Å². The van der Waals surface area contributed by atoms with E-state index in [-0.39, 0.29) is 34.2 Å². The number of nitrogens with one attached hydrogen (secondary N) is 1. The van der Waals surface area contributed by atoms with E-state index in [4.69, 9.17) is 5.73 Å². The number of hydrogen-bond acceptors (Lipinski definition) is 4. The molecule has 0 bridgehead atoms. The molecule has 0 radical (unpaired) electrons. The second-order valence-corrected chi connectivity index (χ2v) is 5.97. The zero-order valence-electron chi connectivity index (χ0n) is 12.3. The molecule has 1 amide bonds. The molecule has 0 aliphatic heterocycles. The molecule has 1 unspecified atom stereocenters. The van der Waals surface area contributed by atoms with Gasteiger partial charge in [0.15, 0.2) is 0 Å². The number of hydrogen-bond donors (Lipinski definition) is 2. The Labute approximate surface area is 118 Å². The van der Waals surface area contributed by atoms with Gasteiger partial charge in [0.25, 0.3) is 11.6 Å². The highest BCUT2D eigenvalue weighted by Gasteiger charge is 2.22. The quantitative estimate of drug-likeness (QED) is 0.502. The monoisotopic (exact) mass is 279 g/mol. The SMILES string of the molecule is CC(CNC(=O)c1cccc([N+](=O)[O-])c1N)C(C)(C)C. The van der Waals surface area contributed by atoms with Crippen molar-refractivity contribution in [1.29, 1.82) is 0 Å². The van der Waals surface area contributed by atoms with Gasteiger partial charge in [0.1, 0.15) is 5.69 Å². The van der Waals surface area contributed by atoms with E-state index in [2.05, 4.69) is 26.1 Å². The number of carbonyl (C=O) groups excluding carboxylic acids is 1. The van der Waals surface area contributed by atoms with Gasteiger partial charge in [0, 0.05) is 12.6 Å². The summed E-state index contributed by atoms with van der Waals surface area (Å²) >= 11 is 0. The van der Waals surface area contributed by atoms with Crippen molar-refractivity contribution >= 4 is 17.3 Å². The molecule has 0 saturated heterocycles. The van der Waals surface area contributed by atoms with Crippen LogP contribution in [0.1, 0.15) is 38.1 Å². The summed E-state index contributed by atoms with van der Waals surface area (Å²) in [6.45, 7) is 8.80. The molecule has 1 rings (SSSR count). The first kappa shape index (κ1) is 15.9. The molecule has 1 atom stereocenters. The van der Waals surface area contributed by atoms with Gasteiger partial charge in [-0.15, -0.1) is 0 Å². The Morgan fingerprint density at radius 3 is 2.55 bits per heavy atom. The molecule has 110 valence electrons. The fourth-order valence-corrected chi connectivity index (χ4v) is 1.56. The summed E-state index contributed by atoms with van der Waals surface area (Å²) in [5.74, 6) is -0.117.